The van der Waals surface area contributed by atoms with E-state index in [2.05, 4.69) is 5.32 Å². The van der Waals surface area contributed by atoms with Crippen molar-refractivity contribution < 1.29 is 22.9 Å². The smallest absolute Gasteiger partial charge is 0.288 e. The lowest BCUT2D eigenvalue weighted by molar-refractivity contribution is -0.384. The number of nitro groups is 1. The second-order valence-corrected chi connectivity index (χ2v) is 9.09. The zero-order valence-corrected chi connectivity index (χ0v) is 18.2. The quantitative estimate of drug-likeness (QED) is 0.426. The van der Waals surface area contributed by atoms with Crippen LogP contribution < -0.4 is 15.4 Å². The lowest BCUT2D eigenvalue weighted by Crippen LogP contribution is -2.45. The van der Waals surface area contributed by atoms with Gasteiger partial charge in [0.1, 0.15) is 11.1 Å². The Balaban J connectivity index is 1.91. The topological polar surface area (TPSA) is 153 Å². The third kappa shape index (κ3) is 4.16. The van der Waals surface area contributed by atoms with Crippen molar-refractivity contribution in [2.24, 2.45) is 5.14 Å². The molecule has 0 bridgehead atoms. The van der Waals surface area contributed by atoms with Crippen molar-refractivity contribution in [2.75, 3.05) is 10.2 Å². The highest BCUT2D eigenvalue weighted by Gasteiger charge is 2.39. The standard InChI is InChI=1S/C21H15ClN4O6S/c22-15-8-6-13(10-18(15)26(29)30)21(28)25-17-9-7-14(33(23,31)32)11-16(17)24-20(27)19(25)12-4-2-1-3-5-12/h1-11,19H,(H,24,27)(H2,23,31,32). The van der Waals surface area contributed by atoms with Gasteiger partial charge in [-0.25, -0.2) is 13.6 Å². The van der Waals surface area contributed by atoms with E-state index in [0.717, 1.165) is 17.0 Å². The first-order chi connectivity index (χ1) is 15.6. The van der Waals surface area contributed by atoms with Crippen LogP contribution in [0, 0.1) is 10.1 Å². The third-order valence-corrected chi connectivity index (χ3v) is 6.28. The molecule has 1 heterocycles. The Morgan fingerprint density at radius 3 is 2.42 bits per heavy atom. The number of halogens is 1. The van der Waals surface area contributed by atoms with Gasteiger partial charge in [0.25, 0.3) is 17.5 Å². The van der Waals surface area contributed by atoms with E-state index in [1.165, 1.54) is 24.3 Å². The normalized spacial score (nSPS) is 15.5. The number of nitrogens with one attached hydrogen (secondary N) is 1. The minimum atomic E-state index is -4.07. The molecule has 0 aromatic heterocycles. The van der Waals surface area contributed by atoms with E-state index in [4.69, 9.17) is 16.7 Å². The highest BCUT2D eigenvalue weighted by atomic mass is 35.5. The van der Waals surface area contributed by atoms with E-state index >= 15 is 0 Å². The number of hydrogen-bond acceptors (Lipinski definition) is 6. The van der Waals surface area contributed by atoms with Crippen LogP contribution in [0.25, 0.3) is 0 Å². The largest absolute Gasteiger partial charge is 0.322 e. The highest BCUT2D eigenvalue weighted by Crippen LogP contribution is 2.41. The molecule has 3 aromatic rings. The van der Waals surface area contributed by atoms with Gasteiger partial charge in [0, 0.05) is 11.6 Å². The van der Waals surface area contributed by atoms with Crippen molar-refractivity contribution in [3.05, 3.63) is 93.0 Å². The number of carbonyl (C=O) groups excluding carboxylic acids is 2. The second-order valence-electron chi connectivity index (χ2n) is 7.12. The van der Waals surface area contributed by atoms with Gasteiger partial charge in [-0.3, -0.25) is 24.6 Å². The van der Waals surface area contributed by atoms with Crippen LogP contribution >= 0.6 is 11.6 Å². The van der Waals surface area contributed by atoms with Crippen molar-refractivity contribution >= 4 is 50.5 Å². The van der Waals surface area contributed by atoms with Gasteiger partial charge in [-0.2, -0.15) is 0 Å². The summed E-state index contributed by atoms with van der Waals surface area (Å²) in [5.74, 6) is -1.32. The number of nitro benzene ring substituents is 1. The fourth-order valence-electron chi connectivity index (χ4n) is 3.55. The molecule has 0 saturated heterocycles. The maximum atomic E-state index is 13.6. The maximum Gasteiger partial charge on any atom is 0.288 e. The maximum absolute atomic E-state index is 13.6. The van der Waals surface area contributed by atoms with Crippen molar-refractivity contribution in [1.82, 2.24) is 0 Å². The van der Waals surface area contributed by atoms with Crippen LogP contribution in [0.4, 0.5) is 17.1 Å². The molecule has 1 aliphatic heterocycles. The van der Waals surface area contributed by atoms with Gasteiger partial charge in [-0.05, 0) is 35.9 Å². The van der Waals surface area contributed by atoms with Gasteiger partial charge in [0.15, 0.2) is 0 Å². The molecule has 0 fully saturated rings. The Hall–Kier alpha value is -3.80. The Labute approximate surface area is 192 Å². The van der Waals surface area contributed by atoms with Crippen LogP contribution in [-0.2, 0) is 14.8 Å². The summed E-state index contributed by atoms with van der Waals surface area (Å²) in [5.41, 5.74) is 0.176. The predicted molar refractivity (Wildman–Crippen MR) is 121 cm³/mol. The van der Waals surface area contributed by atoms with Gasteiger partial charge in [-0.15, -0.1) is 0 Å². The van der Waals surface area contributed by atoms with E-state index in [9.17, 15) is 28.1 Å². The lowest BCUT2D eigenvalue weighted by atomic mass is 9.98. The fourth-order valence-corrected chi connectivity index (χ4v) is 4.27. The van der Waals surface area contributed by atoms with Crippen molar-refractivity contribution in [3.63, 3.8) is 0 Å². The zero-order valence-electron chi connectivity index (χ0n) is 16.6. The molecular weight excluding hydrogens is 472 g/mol. The van der Waals surface area contributed by atoms with Crippen LogP contribution in [0.3, 0.4) is 0 Å². The summed E-state index contributed by atoms with van der Waals surface area (Å²) in [7, 11) is -4.07. The number of nitrogens with two attached hydrogens (primary N) is 1. The molecule has 0 aliphatic carbocycles. The first kappa shape index (κ1) is 22.4. The third-order valence-electron chi connectivity index (χ3n) is 5.04. The molecule has 0 radical (unpaired) electrons. The van der Waals surface area contributed by atoms with Crippen LogP contribution in [-0.4, -0.2) is 25.2 Å². The monoisotopic (exact) mass is 486 g/mol. The number of hydrogen-bond donors (Lipinski definition) is 2. The van der Waals surface area contributed by atoms with Crippen LogP contribution in [0.5, 0.6) is 0 Å². The molecule has 10 nitrogen and oxygen atoms in total. The molecule has 33 heavy (non-hydrogen) atoms. The Morgan fingerprint density at radius 1 is 1.09 bits per heavy atom. The van der Waals surface area contributed by atoms with E-state index in [-0.39, 0.29) is 26.9 Å². The second kappa shape index (κ2) is 8.28. The molecule has 1 atom stereocenters. The zero-order chi connectivity index (χ0) is 23.9. The summed E-state index contributed by atoms with van der Waals surface area (Å²) < 4.78 is 23.5. The number of primary sulfonamides is 1. The predicted octanol–water partition coefficient (Wildman–Crippen LogP) is 3.24. The molecule has 0 spiro atoms. The minimum Gasteiger partial charge on any atom is -0.322 e. The molecule has 1 aliphatic rings. The SMILES string of the molecule is NS(=O)(=O)c1ccc2c(c1)NC(=O)C(c1ccccc1)N2C(=O)c1ccc(Cl)c([N+](=O)[O-])c1. The lowest BCUT2D eigenvalue weighted by Gasteiger charge is -2.37. The number of benzene rings is 3. The van der Waals surface area contributed by atoms with Gasteiger partial charge in [-0.1, -0.05) is 41.9 Å². The van der Waals surface area contributed by atoms with Crippen molar-refractivity contribution in [1.29, 1.82) is 0 Å². The molecule has 12 heteroatoms. The summed E-state index contributed by atoms with van der Waals surface area (Å²) in [4.78, 5) is 38.2. The minimum absolute atomic E-state index is 0.0514. The van der Waals surface area contributed by atoms with Gasteiger partial charge >= 0.3 is 0 Å². The Morgan fingerprint density at radius 2 is 1.79 bits per heavy atom. The number of anilines is 2. The molecule has 2 amide bonds. The Kier molecular flexibility index (Phi) is 5.62. The van der Waals surface area contributed by atoms with Crippen LogP contribution in [0.2, 0.25) is 5.02 Å². The Bertz CT molecular complexity index is 1410. The fraction of sp³-hybridized carbons (Fsp3) is 0.0476. The molecule has 3 N–H and O–H groups in total. The number of rotatable bonds is 4. The average molecular weight is 487 g/mol. The molecule has 3 aromatic carbocycles. The van der Waals surface area contributed by atoms with Gasteiger partial charge in [0.2, 0.25) is 10.0 Å². The summed E-state index contributed by atoms with van der Waals surface area (Å²) in [5, 5.41) is 19.0. The first-order valence-electron chi connectivity index (χ1n) is 9.38. The summed E-state index contributed by atoms with van der Waals surface area (Å²) in [6.45, 7) is 0. The van der Waals surface area contributed by atoms with Crippen LogP contribution in [0.1, 0.15) is 22.0 Å². The summed E-state index contributed by atoms with van der Waals surface area (Å²) in [6.07, 6.45) is 0. The van der Waals surface area contributed by atoms with Gasteiger partial charge in [0.05, 0.1) is 21.2 Å². The molecule has 168 valence electrons. The summed E-state index contributed by atoms with van der Waals surface area (Å²) in [6, 6.07) is 14.6. The molecule has 4 rings (SSSR count). The summed E-state index contributed by atoms with van der Waals surface area (Å²) >= 11 is 5.87. The van der Waals surface area contributed by atoms with E-state index in [1.54, 1.807) is 30.3 Å². The molecule has 0 saturated carbocycles. The van der Waals surface area contributed by atoms with Crippen LogP contribution in [0.15, 0.2) is 71.6 Å². The number of fused-ring (bicyclic) bond motifs is 1. The number of carbonyl (C=O) groups is 2. The van der Waals surface area contributed by atoms with Crippen molar-refractivity contribution in [3.8, 4) is 0 Å². The van der Waals surface area contributed by atoms with E-state index < -0.39 is 38.5 Å². The highest BCUT2D eigenvalue weighted by molar-refractivity contribution is 7.89. The van der Waals surface area contributed by atoms with E-state index in [1.807, 2.05) is 0 Å². The number of sulfonamides is 1. The average Bonchev–Trinajstić information content (AvgIpc) is 2.77. The first-order valence-corrected chi connectivity index (χ1v) is 11.3. The number of nitrogens with zero attached hydrogens (tertiary/aromatic N) is 2. The molecule has 1 unspecified atom stereocenters. The molecular formula is C21H15ClN4O6S. The van der Waals surface area contributed by atoms with Gasteiger partial charge < -0.3 is 5.32 Å². The number of amides is 2. The van der Waals surface area contributed by atoms with Crippen molar-refractivity contribution in [2.45, 2.75) is 10.9 Å². The van der Waals surface area contributed by atoms with E-state index in [0.29, 0.717) is 5.56 Å².